The molecule has 0 saturated carbocycles. The van der Waals surface area contributed by atoms with Gasteiger partial charge in [0.2, 0.25) is 0 Å². The van der Waals surface area contributed by atoms with Gasteiger partial charge in [-0.1, -0.05) is 38.1 Å². The molecular weight excluding hydrogens is 160 g/mol. The van der Waals surface area contributed by atoms with Gasteiger partial charge in [-0.05, 0) is 17.4 Å². The number of carbonyl (C=O) groups is 1. The molecule has 1 aliphatic rings. The zero-order valence-electron chi connectivity index (χ0n) is 8.08. The predicted molar refractivity (Wildman–Crippen MR) is 53.0 cm³/mol. The fourth-order valence-electron chi connectivity index (χ4n) is 2.09. The molecule has 0 aliphatic heterocycles. The van der Waals surface area contributed by atoms with Crippen molar-refractivity contribution in [2.45, 2.75) is 26.2 Å². The summed E-state index contributed by atoms with van der Waals surface area (Å²) < 4.78 is 0. The maximum Gasteiger partial charge on any atom is 0.163 e. The van der Waals surface area contributed by atoms with Crippen molar-refractivity contribution in [2.75, 3.05) is 0 Å². The highest BCUT2D eigenvalue weighted by atomic mass is 16.1. The van der Waals surface area contributed by atoms with Crippen LogP contribution < -0.4 is 0 Å². The van der Waals surface area contributed by atoms with Gasteiger partial charge >= 0.3 is 0 Å². The minimum absolute atomic E-state index is 0.314. The van der Waals surface area contributed by atoms with Crippen molar-refractivity contribution in [2.24, 2.45) is 5.92 Å². The number of hydrogen-bond acceptors (Lipinski definition) is 1. The summed E-state index contributed by atoms with van der Waals surface area (Å²) in [5.74, 6) is 1.32. The highest BCUT2D eigenvalue weighted by molar-refractivity contribution is 6.01. The lowest BCUT2D eigenvalue weighted by atomic mass is 9.90. The van der Waals surface area contributed by atoms with Gasteiger partial charge in [-0.15, -0.1) is 0 Å². The normalized spacial score (nSPS) is 20.8. The first kappa shape index (κ1) is 8.49. The maximum absolute atomic E-state index is 11.6. The van der Waals surface area contributed by atoms with Crippen LogP contribution in [0.15, 0.2) is 24.3 Å². The summed E-state index contributed by atoms with van der Waals surface area (Å²) in [7, 11) is 0. The van der Waals surface area contributed by atoms with Crippen LogP contribution in [-0.4, -0.2) is 5.78 Å². The topological polar surface area (TPSA) is 17.1 Å². The molecule has 1 aromatic rings. The van der Waals surface area contributed by atoms with Crippen molar-refractivity contribution in [1.82, 2.24) is 0 Å². The molecule has 1 aliphatic carbocycles. The molecule has 0 N–H and O–H groups in total. The average Bonchev–Trinajstić information content (AvgIpc) is 2.45. The molecule has 1 nitrogen and oxygen atoms in total. The zero-order valence-corrected chi connectivity index (χ0v) is 8.08. The number of fused-ring (bicyclic) bond motifs is 1. The summed E-state index contributed by atoms with van der Waals surface area (Å²) in [6.07, 6.45) is 0.705. The van der Waals surface area contributed by atoms with E-state index in [0.29, 0.717) is 24.0 Å². The van der Waals surface area contributed by atoms with E-state index in [1.165, 1.54) is 5.56 Å². The Kier molecular flexibility index (Phi) is 1.95. The maximum atomic E-state index is 11.6. The number of rotatable bonds is 1. The molecular formula is C12H14O. The molecule has 1 atom stereocenters. The highest BCUT2D eigenvalue weighted by Crippen LogP contribution is 2.37. The Balaban J connectivity index is 2.47. The largest absolute Gasteiger partial charge is 0.294 e. The average molecular weight is 174 g/mol. The van der Waals surface area contributed by atoms with Crippen LogP contribution in [0.1, 0.15) is 42.1 Å². The zero-order chi connectivity index (χ0) is 9.42. The van der Waals surface area contributed by atoms with Crippen LogP contribution in [0.2, 0.25) is 0 Å². The quantitative estimate of drug-likeness (QED) is 0.639. The monoisotopic (exact) mass is 174 g/mol. The molecule has 0 fully saturated rings. The van der Waals surface area contributed by atoms with Crippen LogP contribution in [0.4, 0.5) is 0 Å². The van der Waals surface area contributed by atoms with E-state index < -0.39 is 0 Å². The van der Waals surface area contributed by atoms with Gasteiger partial charge < -0.3 is 0 Å². The second-order valence-corrected chi connectivity index (χ2v) is 4.07. The Hall–Kier alpha value is -1.11. The lowest BCUT2D eigenvalue weighted by Gasteiger charge is -2.13. The Morgan fingerprint density at radius 3 is 2.69 bits per heavy atom. The molecule has 2 rings (SSSR count). The number of ketones is 1. The number of hydrogen-bond donors (Lipinski definition) is 0. The van der Waals surface area contributed by atoms with Crippen LogP contribution in [0.25, 0.3) is 0 Å². The summed E-state index contributed by atoms with van der Waals surface area (Å²) in [4.78, 5) is 11.6. The van der Waals surface area contributed by atoms with E-state index in [9.17, 15) is 4.79 Å². The van der Waals surface area contributed by atoms with Crippen LogP contribution >= 0.6 is 0 Å². The predicted octanol–water partition coefficient (Wildman–Crippen LogP) is 3.01. The molecule has 1 heteroatoms. The summed E-state index contributed by atoms with van der Waals surface area (Å²) >= 11 is 0. The first-order valence-electron chi connectivity index (χ1n) is 4.82. The third-order valence-electron chi connectivity index (χ3n) is 2.87. The second kappa shape index (κ2) is 2.99. The van der Waals surface area contributed by atoms with E-state index in [0.717, 1.165) is 5.56 Å². The van der Waals surface area contributed by atoms with E-state index in [1.807, 2.05) is 18.2 Å². The van der Waals surface area contributed by atoms with E-state index >= 15 is 0 Å². The number of Topliss-reactive ketones (excluding diaryl/α,β-unsaturated/α-hetero) is 1. The van der Waals surface area contributed by atoms with Gasteiger partial charge in [0.15, 0.2) is 5.78 Å². The number of carbonyl (C=O) groups excluding carboxylic acids is 1. The van der Waals surface area contributed by atoms with Crippen LogP contribution in [0, 0.1) is 5.92 Å². The van der Waals surface area contributed by atoms with Gasteiger partial charge in [0.1, 0.15) is 0 Å². The smallest absolute Gasteiger partial charge is 0.163 e. The highest BCUT2D eigenvalue weighted by Gasteiger charge is 2.30. The third-order valence-corrected chi connectivity index (χ3v) is 2.87. The van der Waals surface area contributed by atoms with Gasteiger partial charge in [0.25, 0.3) is 0 Å². The summed E-state index contributed by atoms with van der Waals surface area (Å²) in [5.41, 5.74) is 2.20. The van der Waals surface area contributed by atoms with Crippen molar-refractivity contribution < 1.29 is 4.79 Å². The minimum atomic E-state index is 0.314. The van der Waals surface area contributed by atoms with E-state index in [4.69, 9.17) is 0 Å². The van der Waals surface area contributed by atoms with Crippen molar-refractivity contribution in [1.29, 1.82) is 0 Å². The third kappa shape index (κ3) is 1.28. The van der Waals surface area contributed by atoms with Crippen LogP contribution in [0.5, 0.6) is 0 Å². The summed E-state index contributed by atoms with van der Waals surface area (Å²) in [6, 6.07) is 8.00. The van der Waals surface area contributed by atoms with Gasteiger partial charge in [-0.2, -0.15) is 0 Å². The molecule has 0 aromatic heterocycles. The first-order valence-corrected chi connectivity index (χ1v) is 4.82. The van der Waals surface area contributed by atoms with E-state index in [2.05, 4.69) is 19.9 Å². The molecule has 0 heterocycles. The fourth-order valence-corrected chi connectivity index (χ4v) is 2.09. The Bertz CT molecular complexity index is 339. The molecule has 0 radical (unpaired) electrons. The standard InChI is InChI=1S/C12H14O/c1-8(2)11-7-12(13)10-6-4-3-5-9(10)11/h3-6,8,11H,7H2,1-2H3/t11-/m0/s1. The van der Waals surface area contributed by atoms with Crippen molar-refractivity contribution >= 4 is 5.78 Å². The molecule has 0 bridgehead atoms. The van der Waals surface area contributed by atoms with Gasteiger partial charge in [0, 0.05) is 12.0 Å². The van der Waals surface area contributed by atoms with Crippen molar-refractivity contribution in [3.63, 3.8) is 0 Å². The lowest BCUT2D eigenvalue weighted by Crippen LogP contribution is -2.02. The fraction of sp³-hybridized carbons (Fsp3) is 0.417. The SMILES string of the molecule is CC(C)[C@@H]1CC(=O)c2ccccc21. The Morgan fingerprint density at radius 1 is 1.31 bits per heavy atom. The summed E-state index contributed by atoms with van der Waals surface area (Å²) in [5, 5.41) is 0. The first-order chi connectivity index (χ1) is 6.20. The number of benzene rings is 1. The van der Waals surface area contributed by atoms with Crippen molar-refractivity contribution in [3.05, 3.63) is 35.4 Å². The molecule has 0 amide bonds. The molecule has 13 heavy (non-hydrogen) atoms. The molecule has 0 saturated heterocycles. The summed E-state index contributed by atoms with van der Waals surface area (Å²) in [6.45, 7) is 4.36. The van der Waals surface area contributed by atoms with Gasteiger partial charge in [-0.3, -0.25) is 4.79 Å². The van der Waals surface area contributed by atoms with Gasteiger partial charge in [-0.25, -0.2) is 0 Å². The Labute approximate surface area is 78.8 Å². The second-order valence-electron chi connectivity index (χ2n) is 4.07. The van der Waals surface area contributed by atoms with Crippen LogP contribution in [-0.2, 0) is 0 Å². The lowest BCUT2D eigenvalue weighted by molar-refractivity contribution is 0.0984. The molecule has 0 spiro atoms. The van der Waals surface area contributed by atoms with E-state index in [1.54, 1.807) is 0 Å². The molecule has 68 valence electrons. The minimum Gasteiger partial charge on any atom is -0.294 e. The van der Waals surface area contributed by atoms with Gasteiger partial charge in [0.05, 0.1) is 0 Å². The molecule has 0 unspecified atom stereocenters. The Morgan fingerprint density at radius 2 is 2.00 bits per heavy atom. The molecule has 1 aromatic carbocycles. The van der Waals surface area contributed by atoms with E-state index in [-0.39, 0.29) is 0 Å². The van der Waals surface area contributed by atoms with Crippen molar-refractivity contribution in [3.8, 4) is 0 Å². The van der Waals surface area contributed by atoms with Crippen LogP contribution in [0.3, 0.4) is 0 Å².